The average Bonchev–Trinajstić information content (AvgIpc) is 3.30. The molecule has 1 aromatic carbocycles. The fourth-order valence-electron chi connectivity index (χ4n) is 4.13. The van der Waals surface area contributed by atoms with Gasteiger partial charge in [0, 0.05) is 38.6 Å². The van der Waals surface area contributed by atoms with Gasteiger partial charge in [-0.3, -0.25) is 9.59 Å². The highest BCUT2D eigenvalue weighted by Crippen LogP contribution is 2.31. The summed E-state index contributed by atoms with van der Waals surface area (Å²) in [5.41, 5.74) is 1.46. The predicted molar refractivity (Wildman–Crippen MR) is 116 cm³/mol. The molecule has 0 radical (unpaired) electrons. The van der Waals surface area contributed by atoms with Crippen molar-refractivity contribution in [2.75, 3.05) is 25.0 Å². The summed E-state index contributed by atoms with van der Waals surface area (Å²) in [7, 11) is 3.56. The van der Waals surface area contributed by atoms with Gasteiger partial charge in [-0.2, -0.15) is 5.26 Å². The van der Waals surface area contributed by atoms with Crippen LogP contribution in [0.5, 0.6) is 0 Å². The van der Waals surface area contributed by atoms with Gasteiger partial charge >= 0.3 is 0 Å². The van der Waals surface area contributed by atoms with Crippen LogP contribution in [0.3, 0.4) is 0 Å². The smallest absolute Gasteiger partial charge is 0.270 e. The lowest BCUT2D eigenvalue weighted by Crippen LogP contribution is -2.46. The lowest BCUT2D eigenvalue weighted by Gasteiger charge is -2.38. The summed E-state index contributed by atoms with van der Waals surface area (Å²) in [6.07, 6.45) is 1.59. The normalized spacial score (nSPS) is 14.7. The highest BCUT2D eigenvalue weighted by Gasteiger charge is 2.29. The van der Waals surface area contributed by atoms with Crippen LogP contribution in [0.1, 0.15) is 28.1 Å². The van der Waals surface area contributed by atoms with Crippen LogP contribution < -0.4 is 10.5 Å². The van der Waals surface area contributed by atoms with Crippen molar-refractivity contribution in [3.8, 4) is 6.07 Å². The SMILES string of the molecule is CN(C(=O)c1cccs1)C1CCN(c2c(C#N)c(=O)n(C)c3ccccc23)CC1. The first-order chi connectivity index (χ1) is 14.0. The number of amides is 1. The van der Waals surface area contributed by atoms with Gasteiger partial charge in [-0.1, -0.05) is 24.3 Å². The highest BCUT2D eigenvalue weighted by atomic mass is 32.1. The van der Waals surface area contributed by atoms with Crippen molar-refractivity contribution in [2.24, 2.45) is 7.05 Å². The number of aryl methyl sites for hydroxylation is 1. The Hall–Kier alpha value is -3.11. The first-order valence-corrected chi connectivity index (χ1v) is 10.5. The molecule has 0 atom stereocenters. The number of fused-ring (bicyclic) bond motifs is 1. The summed E-state index contributed by atoms with van der Waals surface area (Å²) in [4.78, 5) is 30.1. The van der Waals surface area contributed by atoms with Crippen molar-refractivity contribution in [3.63, 3.8) is 0 Å². The molecular formula is C22H22N4O2S. The van der Waals surface area contributed by atoms with Crippen molar-refractivity contribution in [3.05, 3.63) is 62.6 Å². The van der Waals surface area contributed by atoms with Crippen molar-refractivity contribution < 1.29 is 4.79 Å². The van der Waals surface area contributed by atoms with E-state index in [4.69, 9.17) is 0 Å². The number of carbonyl (C=O) groups is 1. The van der Waals surface area contributed by atoms with E-state index in [2.05, 4.69) is 11.0 Å². The molecule has 1 aliphatic heterocycles. The summed E-state index contributed by atoms with van der Waals surface area (Å²) in [5.74, 6) is 0.0511. The van der Waals surface area contributed by atoms with Gasteiger partial charge in [0.2, 0.25) is 0 Å². The van der Waals surface area contributed by atoms with Gasteiger partial charge in [0.05, 0.1) is 16.1 Å². The molecule has 0 saturated carbocycles. The molecule has 3 aromatic rings. The second-order valence-corrected chi connectivity index (χ2v) is 8.28. The molecule has 1 amide bonds. The monoisotopic (exact) mass is 406 g/mol. The minimum atomic E-state index is -0.270. The number of thiophene rings is 1. The van der Waals surface area contributed by atoms with Gasteiger partial charge in [-0.25, -0.2) is 0 Å². The minimum absolute atomic E-state index is 0.0511. The maximum absolute atomic E-state index is 12.7. The first kappa shape index (κ1) is 19.2. The third kappa shape index (κ3) is 3.30. The third-order valence-electron chi connectivity index (χ3n) is 5.77. The van der Waals surface area contributed by atoms with E-state index in [1.165, 1.54) is 15.9 Å². The number of nitrogens with zero attached hydrogens (tertiary/aromatic N) is 4. The molecule has 1 aliphatic rings. The minimum Gasteiger partial charge on any atom is -0.370 e. The van der Waals surface area contributed by atoms with Crippen LogP contribution in [0.15, 0.2) is 46.6 Å². The van der Waals surface area contributed by atoms with Crippen LogP contribution in [-0.4, -0.2) is 41.6 Å². The van der Waals surface area contributed by atoms with Gasteiger partial charge in [0.25, 0.3) is 11.5 Å². The predicted octanol–water partition coefficient (Wildman–Crippen LogP) is 3.21. The van der Waals surface area contributed by atoms with Crippen LogP contribution in [0, 0.1) is 11.3 Å². The number of hydrogen-bond acceptors (Lipinski definition) is 5. The molecule has 4 rings (SSSR count). The largest absolute Gasteiger partial charge is 0.370 e. The molecule has 0 aliphatic carbocycles. The molecule has 1 saturated heterocycles. The second-order valence-electron chi connectivity index (χ2n) is 7.33. The van der Waals surface area contributed by atoms with Crippen LogP contribution in [0.25, 0.3) is 10.9 Å². The number of nitriles is 1. The number of benzene rings is 1. The van der Waals surface area contributed by atoms with Crippen LogP contribution in [0.4, 0.5) is 5.69 Å². The van der Waals surface area contributed by atoms with E-state index in [1.807, 2.05) is 53.7 Å². The van der Waals surface area contributed by atoms with E-state index in [0.29, 0.717) is 13.1 Å². The third-order valence-corrected chi connectivity index (χ3v) is 6.63. The Morgan fingerprint density at radius 2 is 1.93 bits per heavy atom. The summed E-state index contributed by atoms with van der Waals surface area (Å²) in [6, 6.07) is 13.7. The molecular weight excluding hydrogens is 384 g/mol. The van der Waals surface area contributed by atoms with Crippen molar-refractivity contribution in [1.29, 1.82) is 5.26 Å². The van der Waals surface area contributed by atoms with Crippen molar-refractivity contribution in [2.45, 2.75) is 18.9 Å². The summed E-state index contributed by atoms with van der Waals surface area (Å²) >= 11 is 1.46. The van der Waals surface area contributed by atoms with Crippen LogP contribution in [0.2, 0.25) is 0 Å². The number of para-hydroxylation sites is 1. The number of pyridine rings is 1. The molecule has 0 spiro atoms. The number of piperidine rings is 1. The highest BCUT2D eigenvalue weighted by molar-refractivity contribution is 7.12. The second kappa shape index (κ2) is 7.72. The van der Waals surface area contributed by atoms with Crippen LogP contribution >= 0.6 is 11.3 Å². The summed E-state index contributed by atoms with van der Waals surface area (Å²) in [5, 5.41) is 12.5. The zero-order valence-corrected chi connectivity index (χ0v) is 17.3. The number of aromatic nitrogens is 1. The molecule has 2 aromatic heterocycles. The molecule has 29 heavy (non-hydrogen) atoms. The standard InChI is InChI=1S/C22H22N4O2S/c1-24(22(28)19-8-5-13-29-19)15-9-11-26(12-10-15)20-16-6-3-4-7-18(16)25(2)21(27)17(20)14-23/h3-8,13,15H,9-12H2,1-2H3. The van der Waals surface area contributed by atoms with E-state index >= 15 is 0 Å². The number of carbonyl (C=O) groups excluding carboxylic acids is 1. The molecule has 1 fully saturated rings. The van der Waals surface area contributed by atoms with E-state index in [-0.39, 0.29) is 23.1 Å². The maximum Gasteiger partial charge on any atom is 0.270 e. The fourth-order valence-corrected chi connectivity index (χ4v) is 4.83. The topological polar surface area (TPSA) is 69.3 Å². The molecule has 3 heterocycles. The molecule has 7 heteroatoms. The summed E-state index contributed by atoms with van der Waals surface area (Å²) < 4.78 is 1.54. The summed E-state index contributed by atoms with van der Waals surface area (Å²) in [6.45, 7) is 1.39. The zero-order chi connectivity index (χ0) is 20.5. The number of rotatable bonds is 3. The van der Waals surface area contributed by atoms with Crippen molar-refractivity contribution in [1.82, 2.24) is 9.47 Å². The zero-order valence-electron chi connectivity index (χ0n) is 16.5. The van der Waals surface area contributed by atoms with E-state index in [9.17, 15) is 14.9 Å². The van der Waals surface area contributed by atoms with Gasteiger partial charge < -0.3 is 14.4 Å². The van der Waals surface area contributed by atoms with Gasteiger partial charge in [0.15, 0.2) is 0 Å². The average molecular weight is 407 g/mol. The maximum atomic E-state index is 12.7. The lowest BCUT2D eigenvalue weighted by molar-refractivity contribution is 0.0714. The number of anilines is 1. The van der Waals surface area contributed by atoms with Crippen LogP contribution in [-0.2, 0) is 7.05 Å². The molecule has 148 valence electrons. The van der Waals surface area contributed by atoms with Crippen molar-refractivity contribution >= 4 is 33.8 Å². The van der Waals surface area contributed by atoms with Gasteiger partial charge in [0.1, 0.15) is 11.6 Å². The molecule has 0 bridgehead atoms. The Labute approximate surface area is 173 Å². The Balaban J connectivity index is 1.62. The lowest BCUT2D eigenvalue weighted by atomic mass is 10.00. The van der Waals surface area contributed by atoms with Gasteiger partial charge in [-0.15, -0.1) is 11.3 Å². The van der Waals surface area contributed by atoms with E-state index < -0.39 is 0 Å². The van der Waals surface area contributed by atoms with E-state index in [1.54, 1.807) is 7.05 Å². The Morgan fingerprint density at radius 3 is 2.59 bits per heavy atom. The Bertz CT molecular complexity index is 1150. The molecule has 0 N–H and O–H groups in total. The fraction of sp³-hybridized carbons (Fsp3) is 0.318. The quantitative estimate of drug-likeness (QED) is 0.670. The Morgan fingerprint density at radius 1 is 1.21 bits per heavy atom. The molecule has 6 nitrogen and oxygen atoms in total. The van der Waals surface area contributed by atoms with Gasteiger partial charge in [-0.05, 0) is 30.4 Å². The van der Waals surface area contributed by atoms with E-state index in [0.717, 1.165) is 34.3 Å². The first-order valence-electron chi connectivity index (χ1n) is 9.60. The number of hydrogen-bond donors (Lipinski definition) is 0. The molecule has 0 unspecified atom stereocenters. The Kier molecular flexibility index (Phi) is 5.12.